The van der Waals surface area contributed by atoms with Crippen LogP contribution in [0, 0.1) is 27.7 Å². The summed E-state index contributed by atoms with van der Waals surface area (Å²) in [6, 6.07) is 28.8. The van der Waals surface area contributed by atoms with Crippen LogP contribution >= 0.6 is 0 Å². The maximum absolute atomic E-state index is 14.0. The van der Waals surface area contributed by atoms with Gasteiger partial charge in [-0.15, -0.1) is 0 Å². The topological polar surface area (TPSA) is 37.4 Å². The first-order valence-corrected chi connectivity index (χ1v) is 11.0. The van der Waals surface area contributed by atoms with Crippen LogP contribution in [0.15, 0.2) is 91.0 Å². The zero-order valence-corrected chi connectivity index (χ0v) is 19.4. The van der Waals surface area contributed by atoms with Crippen LogP contribution in [0.25, 0.3) is 11.1 Å². The average Bonchev–Trinajstić information content (AvgIpc) is 2.80. The van der Waals surface area contributed by atoms with E-state index in [4.69, 9.17) is 0 Å². The van der Waals surface area contributed by atoms with Gasteiger partial charge in [-0.05, 0) is 62.6 Å². The normalized spacial score (nSPS) is 10.7. The van der Waals surface area contributed by atoms with Gasteiger partial charge in [-0.2, -0.15) is 0 Å². The van der Waals surface area contributed by atoms with Gasteiger partial charge < -0.3 is 0 Å². The van der Waals surface area contributed by atoms with Crippen molar-refractivity contribution in [1.29, 1.82) is 0 Å². The van der Waals surface area contributed by atoms with E-state index < -0.39 is 0 Å². The van der Waals surface area contributed by atoms with E-state index in [0.717, 1.165) is 33.4 Å². The van der Waals surface area contributed by atoms with Crippen molar-refractivity contribution in [3.8, 4) is 11.1 Å². The van der Waals surface area contributed by atoms with Crippen molar-refractivity contribution >= 4 is 17.5 Å². The lowest BCUT2D eigenvalue weighted by atomic mass is 9.99. The number of carbonyl (C=O) groups is 2. The van der Waals surface area contributed by atoms with Gasteiger partial charge in [0.05, 0.1) is 5.69 Å². The van der Waals surface area contributed by atoms with Gasteiger partial charge in [0.25, 0.3) is 11.8 Å². The van der Waals surface area contributed by atoms with E-state index in [1.807, 2.05) is 107 Å². The van der Waals surface area contributed by atoms with Gasteiger partial charge in [0.2, 0.25) is 0 Å². The first-order valence-electron chi connectivity index (χ1n) is 11.0. The molecule has 0 N–H and O–H groups in total. The molecule has 0 saturated carbocycles. The molecule has 0 fully saturated rings. The number of aryl methyl sites for hydroxylation is 4. The third kappa shape index (κ3) is 4.49. The summed E-state index contributed by atoms with van der Waals surface area (Å²) in [7, 11) is 0. The number of benzene rings is 4. The lowest BCUT2D eigenvalue weighted by Crippen LogP contribution is -2.38. The second kappa shape index (κ2) is 9.25. The number of nitrogens with zero attached hydrogens (tertiary/aromatic N) is 1. The molecule has 0 saturated heterocycles. The Hall–Kier alpha value is -3.98. The summed E-state index contributed by atoms with van der Waals surface area (Å²) in [5.41, 5.74) is 7.20. The van der Waals surface area contributed by atoms with Crippen LogP contribution in [0.4, 0.5) is 5.69 Å². The molecule has 0 unspecified atom stereocenters. The van der Waals surface area contributed by atoms with E-state index in [2.05, 4.69) is 0 Å². The Balaban J connectivity index is 1.93. The summed E-state index contributed by atoms with van der Waals surface area (Å²) in [6.07, 6.45) is 0. The zero-order valence-electron chi connectivity index (χ0n) is 19.4. The average molecular weight is 434 g/mol. The van der Waals surface area contributed by atoms with Crippen LogP contribution in [0.3, 0.4) is 0 Å². The molecule has 0 radical (unpaired) electrons. The van der Waals surface area contributed by atoms with Crippen molar-refractivity contribution in [3.63, 3.8) is 0 Å². The quantitative estimate of drug-likeness (QED) is 0.323. The van der Waals surface area contributed by atoms with E-state index in [-0.39, 0.29) is 11.8 Å². The van der Waals surface area contributed by atoms with Gasteiger partial charge in [0.1, 0.15) is 0 Å². The number of para-hydroxylation sites is 1. The van der Waals surface area contributed by atoms with Crippen LogP contribution in [0.5, 0.6) is 0 Å². The molecular weight excluding hydrogens is 406 g/mol. The third-order valence-corrected chi connectivity index (χ3v) is 5.86. The number of anilines is 1. The smallest absolute Gasteiger partial charge is 0.265 e. The molecule has 4 rings (SSSR count). The van der Waals surface area contributed by atoms with Crippen LogP contribution in [0.2, 0.25) is 0 Å². The summed E-state index contributed by atoms with van der Waals surface area (Å²) in [4.78, 5) is 29.2. The molecular formula is C30H27NO2. The monoisotopic (exact) mass is 433 g/mol. The van der Waals surface area contributed by atoms with Crippen molar-refractivity contribution in [2.24, 2.45) is 0 Å². The Morgan fingerprint density at radius 3 is 1.58 bits per heavy atom. The van der Waals surface area contributed by atoms with Gasteiger partial charge in [0, 0.05) is 16.7 Å². The molecule has 4 aromatic carbocycles. The predicted octanol–water partition coefficient (Wildman–Crippen LogP) is 7.07. The lowest BCUT2D eigenvalue weighted by molar-refractivity contribution is 0.0897. The summed E-state index contributed by atoms with van der Waals surface area (Å²) in [5.74, 6) is -0.665. The van der Waals surface area contributed by atoms with Crippen molar-refractivity contribution in [2.75, 3.05) is 4.90 Å². The number of imide groups is 1. The highest BCUT2D eigenvalue weighted by atomic mass is 16.2. The maximum Gasteiger partial charge on any atom is 0.265 e. The lowest BCUT2D eigenvalue weighted by Gasteiger charge is -2.25. The Bertz CT molecular complexity index is 1280. The summed E-state index contributed by atoms with van der Waals surface area (Å²) in [5, 5.41) is 0. The standard InChI is InChI=1S/C30H27NO2/c1-20-14-16-25(22(3)18-20)29(32)31(30(33)26-17-15-21(2)19-23(26)4)28-13-9-8-12-27(28)24-10-6-5-7-11-24/h5-19H,1-4H3. The van der Waals surface area contributed by atoms with E-state index >= 15 is 0 Å². The minimum atomic E-state index is -0.333. The zero-order chi connectivity index (χ0) is 23.5. The SMILES string of the molecule is Cc1ccc(C(=O)N(C(=O)c2ccc(C)cc2C)c2ccccc2-c2ccccc2)c(C)c1. The minimum Gasteiger partial charge on any atom is -0.268 e. The largest absolute Gasteiger partial charge is 0.268 e. The van der Waals surface area contributed by atoms with Gasteiger partial charge in [-0.25, -0.2) is 4.90 Å². The van der Waals surface area contributed by atoms with Crippen molar-refractivity contribution in [3.05, 3.63) is 124 Å². The second-order valence-electron chi connectivity index (χ2n) is 8.47. The predicted molar refractivity (Wildman–Crippen MR) is 135 cm³/mol. The van der Waals surface area contributed by atoms with Crippen molar-refractivity contribution in [1.82, 2.24) is 0 Å². The number of rotatable bonds is 4. The molecule has 3 heteroatoms. The van der Waals surface area contributed by atoms with Gasteiger partial charge >= 0.3 is 0 Å². The molecule has 0 atom stereocenters. The fourth-order valence-corrected chi connectivity index (χ4v) is 4.19. The molecule has 0 aliphatic rings. The molecule has 0 aliphatic heterocycles. The van der Waals surface area contributed by atoms with Gasteiger partial charge in [-0.3, -0.25) is 9.59 Å². The summed E-state index contributed by atoms with van der Waals surface area (Å²) in [6.45, 7) is 7.79. The molecule has 0 spiro atoms. The number of hydrogen-bond donors (Lipinski definition) is 0. The Labute approximate surface area is 195 Å². The Kier molecular flexibility index (Phi) is 6.23. The second-order valence-corrected chi connectivity index (χ2v) is 8.47. The Morgan fingerprint density at radius 1 is 0.576 bits per heavy atom. The maximum atomic E-state index is 14.0. The molecule has 0 heterocycles. The summed E-state index contributed by atoms with van der Waals surface area (Å²) < 4.78 is 0. The molecule has 3 nitrogen and oxygen atoms in total. The van der Waals surface area contributed by atoms with E-state index in [1.165, 1.54) is 4.90 Å². The molecule has 33 heavy (non-hydrogen) atoms. The summed E-state index contributed by atoms with van der Waals surface area (Å²) >= 11 is 0. The van der Waals surface area contributed by atoms with E-state index in [9.17, 15) is 9.59 Å². The first-order chi connectivity index (χ1) is 15.9. The van der Waals surface area contributed by atoms with Gasteiger partial charge in [-0.1, -0.05) is 83.9 Å². The van der Waals surface area contributed by atoms with E-state index in [0.29, 0.717) is 16.8 Å². The van der Waals surface area contributed by atoms with Crippen molar-refractivity contribution < 1.29 is 9.59 Å². The van der Waals surface area contributed by atoms with Crippen LogP contribution < -0.4 is 4.90 Å². The fraction of sp³-hybridized carbons (Fsp3) is 0.133. The molecule has 0 aliphatic carbocycles. The van der Waals surface area contributed by atoms with E-state index in [1.54, 1.807) is 12.1 Å². The molecule has 0 aromatic heterocycles. The highest BCUT2D eigenvalue weighted by Gasteiger charge is 2.29. The van der Waals surface area contributed by atoms with Crippen molar-refractivity contribution in [2.45, 2.75) is 27.7 Å². The molecule has 164 valence electrons. The Morgan fingerprint density at radius 2 is 1.06 bits per heavy atom. The van der Waals surface area contributed by atoms with Crippen LogP contribution in [0.1, 0.15) is 43.0 Å². The van der Waals surface area contributed by atoms with Gasteiger partial charge in [0.15, 0.2) is 0 Å². The van der Waals surface area contributed by atoms with Crippen LogP contribution in [-0.2, 0) is 0 Å². The number of hydrogen-bond acceptors (Lipinski definition) is 2. The fourth-order valence-electron chi connectivity index (χ4n) is 4.19. The highest BCUT2D eigenvalue weighted by molar-refractivity contribution is 6.27. The highest BCUT2D eigenvalue weighted by Crippen LogP contribution is 2.33. The molecule has 2 amide bonds. The third-order valence-electron chi connectivity index (χ3n) is 5.86. The molecule has 4 aromatic rings. The minimum absolute atomic E-state index is 0.333. The first kappa shape index (κ1) is 22.2. The van der Waals surface area contributed by atoms with Crippen LogP contribution in [-0.4, -0.2) is 11.8 Å². The molecule has 0 bridgehead atoms. The number of amides is 2. The number of carbonyl (C=O) groups excluding carboxylic acids is 2.